The molecule has 0 spiro atoms. The van der Waals surface area contributed by atoms with E-state index >= 15 is 0 Å². The maximum absolute atomic E-state index is 12.8. The molecular formula is C19H20N6OS. The molecule has 1 fully saturated rings. The van der Waals surface area contributed by atoms with Crippen molar-refractivity contribution in [3.05, 3.63) is 46.6 Å². The van der Waals surface area contributed by atoms with E-state index < -0.39 is 0 Å². The van der Waals surface area contributed by atoms with Crippen LogP contribution in [-0.4, -0.2) is 57.4 Å². The lowest BCUT2D eigenvalue weighted by Gasteiger charge is -2.35. The number of H-pyrrole nitrogens is 1. The third kappa shape index (κ3) is 3.10. The lowest BCUT2D eigenvalue weighted by atomic mass is 10.2. The molecule has 5 rings (SSSR count). The lowest BCUT2D eigenvalue weighted by Crippen LogP contribution is -2.49. The lowest BCUT2D eigenvalue weighted by molar-refractivity contribution is 0.0740. The third-order valence-electron chi connectivity index (χ3n) is 5.28. The second kappa shape index (κ2) is 6.77. The first kappa shape index (κ1) is 16.4. The van der Waals surface area contributed by atoms with E-state index in [9.17, 15) is 4.79 Å². The van der Waals surface area contributed by atoms with Gasteiger partial charge in [-0.3, -0.25) is 9.89 Å². The molecule has 1 amide bonds. The number of hydrogen-bond acceptors (Lipinski definition) is 6. The van der Waals surface area contributed by atoms with Crippen molar-refractivity contribution in [2.24, 2.45) is 0 Å². The Kier molecular flexibility index (Phi) is 4.12. The van der Waals surface area contributed by atoms with E-state index in [0.29, 0.717) is 18.8 Å². The number of aromatic nitrogens is 4. The van der Waals surface area contributed by atoms with Gasteiger partial charge in [-0.25, -0.2) is 0 Å². The number of nitrogens with one attached hydrogen (secondary N) is 1. The molecule has 3 aromatic heterocycles. The van der Waals surface area contributed by atoms with Crippen LogP contribution in [0.15, 0.2) is 29.6 Å². The molecule has 1 N–H and O–H groups in total. The van der Waals surface area contributed by atoms with E-state index in [1.807, 2.05) is 28.5 Å². The second-order valence-corrected chi connectivity index (χ2v) is 7.90. The molecule has 4 heterocycles. The van der Waals surface area contributed by atoms with Gasteiger partial charge in [-0.05, 0) is 48.4 Å². The number of carbonyl (C=O) groups excluding carboxylic acids is 1. The summed E-state index contributed by atoms with van der Waals surface area (Å²) in [5.74, 6) is 0.913. The van der Waals surface area contributed by atoms with Crippen LogP contribution in [0.25, 0.3) is 10.6 Å². The average molecular weight is 380 g/mol. The fourth-order valence-electron chi connectivity index (χ4n) is 3.76. The summed E-state index contributed by atoms with van der Waals surface area (Å²) in [6.45, 7) is 2.86. The molecule has 0 unspecified atom stereocenters. The van der Waals surface area contributed by atoms with Gasteiger partial charge in [-0.1, -0.05) is 6.07 Å². The molecule has 0 saturated carbocycles. The summed E-state index contributed by atoms with van der Waals surface area (Å²) in [4.78, 5) is 18.0. The summed E-state index contributed by atoms with van der Waals surface area (Å²) in [7, 11) is 0. The van der Waals surface area contributed by atoms with Crippen molar-refractivity contribution in [2.75, 3.05) is 31.1 Å². The Hall–Kier alpha value is -2.74. The molecule has 8 heteroatoms. The number of hydrogen-bond donors (Lipinski definition) is 1. The first-order chi connectivity index (χ1) is 13.3. The summed E-state index contributed by atoms with van der Waals surface area (Å²) in [6.07, 6.45) is 3.32. The largest absolute Gasteiger partial charge is 0.352 e. The number of piperazine rings is 1. The van der Waals surface area contributed by atoms with Gasteiger partial charge >= 0.3 is 0 Å². The Morgan fingerprint density at radius 3 is 2.81 bits per heavy atom. The van der Waals surface area contributed by atoms with Crippen LogP contribution in [0.5, 0.6) is 0 Å². The van der Waals surface area contributed by atoms with Crippen LogP contribution in [0.2, 0.25) is 0 Å². The zero-order valence-corrected chi connectivity index (χ0v) is 15.7. The fourth-order valence-corrected chi connectivity index (χ4v) is 4.45. The molecule has 0 bridgehead atoms. The quantitative estimate of drug-likeness (QED) is 0.755. The van der Waals surface area contributed by atoms with Crippen LogP contribution in [0.3, 0.4) is 0 Å². The predicted octanol–water partition coefficient (Wildman–Crippen LogP) is 2.38. The highest BCUT2D eigenvalue weighted by Gasteiger charge is 2.25. The van der Waals surface area contributed by atoms with Crippen molar-refractivity contribution in [2.45, 2.75) is 19.3 Å². The molecule has 0 aromatic carbocycles. The van der Waals surface area contributed by atoms with Gasteiger partial charge in [0, 0.05) is 26.2 Å². The Bertz CT molecular complexity index is 959. The summed E-state index contributed by atoms with van der Waals surface area (Å²) < 4.78 is 0. The highest BCUT2D eigenvalue weighted by molar-refractivity contribution is 7.13. The zero-order chi connectivity index (χ0) is 18.2. The Morgan fingerprint density at radius 1 is 1.11 bits per heavy atom. The molecule has 1 aliphatic heterocycles. The number of aromatic amines is 1. The summed E-state index contributed by atoms with van der Waals surface area (Å²) in [5.41, 5.74) is 3.84. The van der Waals surface area contributed by atoms with Gasteiger partial charge in [0.15, 0.2) is 11.5 Å². The van der Waals surface area contributed by atoms with Crippen LogP contribution in [0.4, 0.5) is 5.82 Å². The average Bonchev–Trinajstić information content (AvgIpc) is 3.48. The first-order valence-electron chi connectivity index (χ1n) is 9.27. The molecule has 7 nitrogen and oxygen atoms in total. The minimum absolute atomic E-state index is 0.0197. The summed E-state index contributed by atoms with van der Waals surface area (Å²) in [5, 5.41) is 18.0. The Balaban J connectivity index is 1.24. The maximum atomic E-state index is 12.8. The van der Waals surface area contributed by atoms with Crippen molar-refractivity contribution in [3.63, 3.8) is 0 Å². The van der Waals surface area contributed by atoms with E-state index in [0.717, 1.165) is 48.0 Å². The monoisotopic (exact) mass is 380 g/mol. The van der Waals surface area contributed by atoms with Gasteiger partial charge in [-0.2, -0.15) is 10.2 Å². The number of aryl methyl sites for hydroxylation is 2. The molecule has 1 aliphatic carbocycles. The zero-order valence-electron chi connectivity index (χ0n) is 14.9. The number of fused-ring (bicyclic) bond motifs is 1. The number of anilines is 1. The van der Waals surface area contributed by atoms with Gasteiger partial charge in [0.05, 0.1) is 16.3 Å². The van der Waals surface area contributed by atoms with Crippen molar-refractivity contribution >= 4 is 23.1 Å². The van der Waals surface area contributed by atoms with Crippen molar-refractivity contribution in [1.82, 2.24) is 25.3 Å². The van der Waals surface area contributed by atoms with Crippen LogP contribution in [0.1, 0.15) is 28.2 Å². The molecule has 0 atom stereocenters. The number of rotatable bonds is 3. The normalized spacial score (nSPS) is 16.6. The molecule has 1 saturated heterocycles. The minimum Gasteiger partial charge on any atom is -0.352 e. The molecule has 27 heavy (non-hydrogen) atoms. The minimum atomic E-state index is -0.0197. The van der Waals surface area contributed by atoms with Crippen molar-refractivity contribution < 1.29 is 4.79 Å². The van der Waals surface area contributed by atoms with E-state index in [1.165, 1.54) is 12.0 Å². The highest BCUT2D eigenvalue weighted by Crippen LogP contribution is 2.25. The van der Waals surface area contributed by atoms with Crippen LogP contribution in [0, 0.1) is 0 Å². The highest BCUT2D eigenvalue weighted by atomic mass is 32.1. The number of amides is 1. The number of carbonyl (C=O) groups is 1. The smallest absolute Gasteiger partial charge is 0.274 e. The van der Waals surface area contributed by atoms with Crippen LogP contribution >= 0.6 is 11.3 Å². The molecule has 138 valence electrons. The van der Waals surface area contributed by atoms with E-state index in [4.69, 9.17) is 0 Å². The molecule has 3 aromatic rings. The predicted molar refractivity (Wildman–Crippen MR) is 104 cm³/mol. The maximum Gasteiger partial charge on any atom is 0.274 e. The van der Waals surface area contributed by atoms with Crippen molar-refractivity contribution in [1.29, 1.82) is 0 Å². The SMILES string of the molecule is O=C(c1cc(-c2cccs2)[nH]n1)N1CCN(c2cc3c(nn2)CCC3)CC1. The van der Waals surface area contributed by atoms with E-state index in [1.54, 1.807) is 11.3 Å². The first-order valence-corrected chi connectivity index (χ1v) is 10.1. The molecular weight excluding hydrogens is 360 g/mol. The van der Waals surface area contributed by atoms with Crippen LogP contribution < -0.4 is 4.90 Å². The van der Waals surface area contributed by atoms with Gasteiger partial charge in [0.2, 0.25) is 0 Å². The summed E-state index contributed by atoms with van der Waals surface area (Å²) >= 11 is 1.63. The van der Waals surface area contributed by atoms with E-state index in [-0.39, 0.29) is 5.91 Å². The fraction of sp³-hybridized carbons (Fsp3) is 0.368. The molecule has 0 radical (unpaired) electrons. The topological polar surface area (TPSA) is 78.0 Å². The Morgan fingerprint density at radius 2 is 2.00 bits per heavy atom. The van der Waals surface area contributed by atoms with Gasteiger partial charge in [0.25, 0.3) is 5.91 Å². The van der Waals surface area contributed by atoms with Gasteiger partial charge in [0.1, 0.15) is 0 Å². The van der Waals surface area contributed by atoms with Crippen molar-refractivity contribution in [3.8, 4) is 10.6 Å². The van der Waals surface area contributed by atoms with E-state index in [2.05, 4.69) is 31.4 Å². The second-order valence-electron chi connectivity index (χ2n) is 6.95. The number of thiophene rings is 1. The third-order valence-corrected chi connectivity index (χ3v) is 6.18. The van der Waals surface area contributed by atoms with Gasteiger partial charge < -0.3 is 9.80 Å². The number of nitrogens with zero attached hydrogens (tertiary/aromatic N) is 5. The Labute approximate surface area is 161 Å². The standard InChI is InChI=1S/C19H20N6OS/c26-19(16-12-15(21-22-16)17-5-2-10-27-17)25-8-6-24(7-9-25)18-11-13-3-1-4-14(13)20-23-18/h2,5,10-12H,1,3-4,6-9H2,(H,21,22). The van der Waals surface area contributed by atoms with Crippen LogP contribution in [-0.2, 0) is 12.8 Å². The molecule has 2 aliphatic rings. The summed E-state index contributed by atoms with van der Waals surface area (Å²) in [6, 6.07) is 8.02. The van der Waals surface area contributed by atoms with Gasteiger partial charge in [-0.15, -0.1) is 16.4 Å².